The minimum absolute atomic E-state index is 0. The smallest absolute Gasteiger partial charge is 0.151 e. The SMILES string of the molecule is CCN(CCO)CCNc1nnc(-c2ccccc2)cc1C.Cl.Cl. The molecule has 0 atom stereocenters. The van der Waals surface area contributed by atoms with E-state index in [-0.39, 0.29) is 31.4 Å². The minimum atomic E-state index is 0. The summed E-state index contributed by atoms with van der Waals surface area (Å²) in [5.41, 5.74) is 3.04. The minimum Gasteiger partial charge on any atom is -0.395 e. The van der Waals surface area contributed by atoms with Gasteiger partial charge in [-0.3, -0.25) is 4.90 Å². The second-order valence-electron chi connectivity index (χ2n) is 5.21. The molecule has 0 saturated heterocycles. The molecule has 1 aromatic heterocycles. The average molecular weight is 373 g/mol. The van der Waals surface area contributed by atoms with Crippen LogP contribution in [-0.2, 0) is 0 Å². The van der Waals surface area contributed by atoms with Gasteiger partial charge < -0.3 is 10.4 Å². The zero-order valence-electron chi connectivity index (χ0n) is 14.1. The van der Waals surface area contributed by atoms with Crippen molar-refractivity contribution in [1.29, 1.82) is 0 Å². The zero-order valence-corrected chi connectivity index (χ0v) is 15.7. The molecule has 7 heteroatoms. The van der Waals surface area contributed by atoms with E-state index in [4.69, 9.17) is 5.11 Å². The molecule has 5 nitrogen and oxygen atoms in total. The Morgan fingerprint density at radius 2 is 1.79 bits per heavy atom. The number of hydrogen-bond acceptors (Lipinski definition) is 5. The molecule has 1 heterocycles. The third-order valence-electron chi connectivity index (χ3n) is 3.64. The molecule has 0 amide bonds. The van der Waals surface area contributed by atoms with Gasteiger partial charge in [0.1, 0.15) is 0 Å². The van der Waals surface area contributed by atoms with Gasteiger partial charge in [0, 0.05) is 25.2 Å². The first-order valence-electron chi connectivity index (χ1n) is 7.71. The summed E-state index contributed by atoms with van der Waals surface area (Å²) < 4.78 is 0. The largest absolute Gasteiger partial charge is 0.395 e. The summed E-state index contributed by atoms with van der Waals surface area (Å²) in [6.45, 7) is 7.62. The van der Waals surface area contributed by atoms with Crippen molar-refractivity contribution in [3.8, 4) is 11.3 Å². The Kier molecular flexibility index (Phi) is 11.3. The third-order valence-corrected chi connectivity index (χ3v) is 3.64. The molecule has 2 rings (SSSR count). The van der Waals surface area contributed by atoms with Crippen molar-refractivity contribution in [2.45, 2.75) is 13.8 Å². The van der Waals surface area contributed by atoms with Crippen molar-refractivity contribution in [2.75, 3.05) is 38.1 Å². The van der Waals surface area contributed by atoms with Crippen molar-refractivity contribution in [3.05, 3.63) is 42.0 Å². The van der Waals surface area contributed by atoms with Gasteiger partial charge in [0.05, 0.1) is 12.3 Å². The molecule has 0 radical (unpaired) electrons. The summed E-state index contributed by atoms with van der Waals surface area (Å²) in [4.78, 5) is 2.19. The average Bonchev–Trinajstić information content (AvgIpc) is 2.56. The molecular weight excluding hydrogens is 347 g/mol. The van der Waals surface area contributed by atoms with Crippen LogP contribution in [0.2, 0.25) is 0 Å². The van der Waals surface area contributed by atoms with Crippen molar-refractivity contribution >= 4 is 30.6 Å². The quantitative estimate of drug-likeness (QED) is 0.745. The Morgan fingerprint density at radius 1 is 1.08 bits per heavy atom. The summed E-state index contributed by atoms with van der Waals surface area (Å²) in [6, 6.07) is 12.1. The molecule has 0 unspecified atom stereocenters. The van der Waals surface area contributed by atoms with Crippen LogP contribution in [0.15, 0.2) is 36.4 Å². The summed E-state index contributed by atoms with van der Waals surface area (Å²) >= 11 is 0. The van der Waals surface area contributed by atoms with Gasteiger partial charge in [-0.1, -0.05) is 37.3 Å². The fourth-order valence-electron chi connectivity index (χ4n) is 2.31. The van der Waals surface area contributed by atoms with Gasteiger partial charge in [0.15, 0.2) is 5.82 Å². The van der Waals surface area contributed by atoms with Gasteiger partial charge in [-0.25, -0.2) is 0 Å². The summed E-state index contributed by atoms with van der Waals surface area (Å²) in [5.74, 6) is 0.819. The molecule has 0 bridgehead atoms. The van der Waals surface area contributed by atoms with E-state index >= 15 is 0 Å². The van der Waals surface area contributed by atoms with Crippen LogP contribution in [0.25, 0.3) is 11.3 Å². The monoisotopic (exact) mass is 372 g/mol. The summed E-state index contributed by atoms with van der Waals surface area (Å²) in [7, 11) is 0. The summed E-state index contributed by atoms with van der Waals surface area (Å²) in [5, 5.41) is 20.9. The molecule has 0 spiro atoms. The van der Waals surface area contributed by atoms with E-state index in [1.807, 2.05) is 37.3 Å². The Bertz CT molecular complexity index is 584. The van der Waals surface area contributed by atoms with Gasteiger partial charge >= 0.3 is 0 Å². The van der Waals surface area contributed by atoms with Gasteiger partial charge in [-0.2, -0.15) is 0 Å². The maximum Gasteiger partial charge on any atom is 0.151 e. The Labute approximate surface area is 156 Å². The Balaban J connectivity index is 0.00000264. The molecule has 0 fully saturated rings. The van der Waals surface area contributed by atoms with E-state index < -0.39 is 0 Å². The van der Waals surface area contributed by atoms with Crippen molar-refractivity contribution in [3.63, 3.8) is 0 Å². The van der Waals surface area contributed by atoms with Crippen LogP contribution in [0, 0.1) is 6.92 Å². The van der Waals surface area contributed by atoms with Crippen LogP contribution >= 0.6 is 24.8 Å². The van der Waals surface area contributed by atoms with Gasteiger partial charge in [0.25, 0.3) is 0 Å². The highest BCUT2D eigenvalue weighted by Gasteiger charge is 2.06. The second-order valence-corrected chi connectivity index (χ2v) is 5.21. The normalized spacial score (nSPS) is 10.0. The number of aliphatic hydroxyl groups is 1. The van der Waals surface area contributed by atoms with Gasteiger partial charge in [-0.15, -0.1) is 35.0 Å². The zero-order chi connectivity index (χ0) is 15.8. The van der Waals surface area contributed by atoms with Crippen molar-refractivity contribution in [2.24, 2.45) is 0 Å². The molecule has 134 valence electrons. The first kappa shape index (κ1) is 22.6. The fourth-order valence-corrected chi connectivity index (χ4v) is 2.31. The Hall–Kier alpha value is -1.40. The molecule has 0 aliphatic carbocycles. The number of hydrogen-bond donors (Lipinski definition) is 2. The lowest BCUT2D eigenvalue weighted by Gasteiger charge is -2.19. The van der Waals surface area contributed by atoms with Gasteiger partial charge in [-0.05, 0) is 25.1 Å². The lowest BCUT2D eigenvalue weighted by Crippen LogP contribution is -2.31. The lowest BCUT2D eigenvalue weighted by atomic mass is 10.1. The first-order valence-corrected chi connectivity index (χ1v) is 7.71. The van der Waals surface area contributed by atoms with Crippen LogP contribution in [0.3, 0.4) is 0 Å². The second kappa shape index (κ2) is 12.0. The third kappa shape index (κ3) is 6.61. The number of rotatable bonds is 8. The highest BCUT2D eigenvalue weighted by atomic mass is 35.5. The number of aromatic nitrogens is 2. The van der Waals surface area contributed by atoms with Crippen LogP contribution in [0.4, 0.5) is 5.82 Å². The molecule has 2 aromatic rings. The number of halogens is 2. The predicted octanol–water partition coefficient (Wildman–Crippen LogP) is 3.02. The lowest BCUT2D eigenvalue weighted by molar-refractivity contribution is 0.206. The standard InChI is InChI=1S/C17H24N4O.2ClH/c1-3-21(11-12-22)10-9-18-17-14(2)13-16(19-20-17)15-7-5-4-6-8-15;;/h4-8,13,22H,3,9-12H2,1-2H3,(H,18,20);2*1H. The molecule has 0 aliphatic rings. The highest BCUT2D eigenvalue weighted by molar-refractivity contribution is 5.85. The number of likely N-dealkylation sites (N-methyl/N-ethyl adjacent to an activating group) is 1. The number of nitrogens with zero attached hydrogens (tertiary/aromatic N) is 3. The molecule has 0 aliphatic heterocycles. The van der Waals surface area contributed by atoms with Crippen LogP contribution in [-0.4, -0.2) is 53.0 Å². The maximum atomic E-state index is 8.98. The van der Waals surface area contributed by atoms with Crippen LogP contribution in [0.1, 0.15) is 12.5 Å². The number of aryl methyl sites for hydroxylation is 1. The van der Waals surface area contributed by atoms with Gasteiger partial charge in [0.2, 0.25) is 0 Å². The van der Waals surface area contributed by atoms with E-state index in [1.54, 1.807) is 0 Å². The number of benzene rings is 1. The van der Waals surface area contributed by atoms with Crippen molar-refractivity contribution < 1.29 is 5.11 Å². The maximum absolute atomic E-state index is 8.98. The van der Waals surface area contributed by atoms with E-state index in [0.717, 1.165) is 42.3 Å². The predicted molar refractivity (Wildman–Crippen MR) is 104 cm³/mol. The van der Waals surface area contributed by atoms with Crippen molar-refractivity contribution in [1.82, 2.24) is 15.1 Å². The van der Waals surface area contributed by atoms with E-state index in [1.165, 1.54) is 0 Å². The van der Waals surface area contributed by atoms with E-state index in [2.05, 4.69) is 33.4 Å². The molecule has 0 saturated carbocycles. The van der Waals surface area contributed by atoms with Crippen LogP contribution < -0.4 is 5.32 Å². The molecule has 24 heavy (non-hydrogen) atoms. The highest BCUT2D eigenvalue weighted by Crippen LogP contribution is 2.19. The number of anilines is 1. The van der Waals surface area contributed by atoms with E-state index in [0.29, 0.717) is 6.54 Å². The first-order chi connectivity index (χ1) is 10.7. The van der Waals surface area contributed by atoms with E-state index in [9.17, 15) is 0 Å². The summed E-state index contributed by atoms with van der Waals surface area (Å²) in [6.07, 6.45) is 0. The number of nitrogens with one attached hydrogen (secondary N) is 1. The fraction of sp³-hybridized carbons (Fsp3) is 0.412. The topological polar surface area (TPSA) is 61.3 Å². The Morgan fingerprint density at radius 3 is 2.38 bits per heavy atom. The number of aliphatic hydroxyl groups excluding tert-OH is 1. The molecular formula is C17H26Cl2N4O. The molecule has 2 N–H and O–H groups in total. The molecule has 1 aromatic carbocycles. The van der Waals surface area contributed by atoms with Crippen LogP contribution in [0.5, 0.6) is 0 Å².